The van der Waals surface area contributed by atoms with E-state index in [1.807, 2.05) is 26.0 Å². The summed E-state index contributed by atoms with van der Waals surface area (Å²) >= 11 is 0. The summed E-state index contributed by atoms with van der Waals surface area (Å²) in [5, 5.41) is 3.15. The lowest BCUT2D eigenvalue weighted by molar-refractivity contribution is 0.0936. The van der Waals surface area contributed by atoms with Gasteiger partial charge in [0.15, 0.2) is 0 Å². The van der Waals surface area contributed by atoms with Crippen molar-refractivity contribution in [3.8, 4) is 0 Å². The molecule has 1 saturated heterocycles. The molecule has 1 aliphatic rings. The van der Waals surface area contributed by atoms with E-state index >= 15 is 0 Å². The smallest absolute Gasteiger partial charge is 0.251 e. The molecule has 2 aromatic rings. The van der Waals surface area contributed by atoms with Gasteiger partial charge in [-0.3, -0.25) is 9.69 Å². The summed E-state index contributed by atoms with van der Waals surface area (Å²) in [6, 6.07) is 10.5. The number of amides is 1. The highest BCUT2D eigenvalue weighted by Crippen LogP contribution is 2.24. The molecule has 1 unspecified atom stereocenters. The molecule has 24 heavy (non-hydrogen) atoms. The van der Waals surface area contributed by atoms with Crippen LogP contribution >= 0.6 is 0 Å². The van der Waals surface area contributed by atoms with Gasteiger partial charge in [-0.2, -0.15) is 0 Å². The van der Waals surface area contributed by atoms with E-state index in [0.29, 0.717) is 6.54 Å². The quantitative estimate of drug-likeness (QED) is 0.916. The van der Waals surface area contributed by atoms with Crippen LogP contribution in [-0.2, 0) is 7.05 Å². The number of aromatic nitrogens is 1. The fraction of sp³-hybridized carbons (Fsp3) is 0.450. The van der Waals surface area contributed by atoms with Crippen LogP contribution < -0.4 is 5.32 Å². The minimum atomic E-state index is 0.0141. The van der Waals surface area contributed by atoms with Crippen molar-refractivity contribution < 1.29 is 4.79 Å². The molecule has 1 aliphatic heterocycles. The largest absolute Gasteiger partial charge is 0.353 e. The van der Waals surface area contributed by atoms with E-state index in [-0.39, 0.29) is 11.9 Å². The van der Waals surface area contributed by atoms with Crippen LogP contribution in [-0.4, -0.2) is 35.0 Å². The summed E-state index contributed by atoms with van der Waals surface area (Å²) in [4.78, 5) is 15.1. The summed E-state index contributed by atoms with van der Waals surface area (Å²) in [5.74, 6) is 0.0141. The first-order chi connectivity index (χ1) is 11.5. The Morgan fingerprint density at radius 2 is 1.83 bits per heavy atom. The molecule has 0 bridgehead atoms. The van der Waals surface area contributed by atoms with E-state index in [9.17, 15) is 4.79 Å². The normalized spacial score (nSPS) is 16.3. The van der Waals surface area contributed by atoms with E-state index in [4.69, 9.17) is 0 Å². The van der Waals surface area contributed by atoms with Crippen molar-refractivity contribution in [1.29, 1.82) is 0 Å². The third kappa shape index (κ3) is 3.70. The van der Waals surface area contributed by atoms with Crippen LogP contribution in [0.5, 0.6) is 0 Å². The SMILES string of the molecule is Cc1cc(C)cc(C(=O)NCC(c2cccn2C)N2CCCC2)c1. The molecule has 1 atom stereocenters. The second kappa shape index (κ2) is 7.22. The fourth-order valence-electron chi connectivity index (χ4n) is 3.69. The Hall–Kier alpha value is -2.07. The Morgan fingerprint density at radius 3 is 2.42 bits per heavy atom. The van der Waals surface area contributed by atoms with E-state index in [1.165, 1.54) is 18.5 Å². The topological polar surface area (TPSA) is 37.3 Å². The third-order valence-corrected chi connectivity index (χ3v) is 4.85. The van der Waals surface area contributed by atoms with Crippen molar-refractivity contribution in [1.82, 2.24) is 14.8 Å². The molecule has 2 heterocycles. The molecule has 1 aromatic carbocycles. The first-order valence-corrected chi connectivity index (χ1v) is 8.76. The van der Waals surface area contributed by atoms with Crippen molar-refractivity contribution in [3.63, 3.8) is 0 Å². The van der Waals surface area contributed by atoms with Gasteiger partial charge in [-0.05, 0) is 64.0 Å². The number of aryl methyl sites for hydroxylation is 3. The molecule has 0 radical (unpaired) electrons. The molecule has 1 amide bonds. The Labute approximate surface area is 144 Å². The average Bonchev–Trinajstić information content (AvgIpc) is 3.19. The minimum absolute atomic E-state index is 0.0141. The molecule has 4 nitrogen and oxygen atoms in total. The molecule has 128 valence electrons. The Morgan fingerprint density at radius 1 is 1.17 bits per heavy atom. The lowest BCUT2D eigenvalue weighted by Gasteiger charge is -2.28. The molecule has 0 spiro atoms. The second-order valence-electron chi connectivity index (χ2n) is 6.89. The standard InChI is InChI=1S/C20H27N3O/c1-15-11-16(2)13-17(12-15)20(24)21-14-19(23-9-4-5-10-23)18-7-6-8-22(18)3/h6-8,11-13,19H,4-5,9-10,14H2,1-3H3,(H,21,24). The van der Waals surface area contributed by atoms with Gasteiger partial charge in [-0.15, -0.1) is 0 Å². The number of likely N-dealkylation sites (tertiary alicyclic amines) is 1. The van der Waals surface area contributed by atoms with Gasteiger partial charge < -0.3 is 9.88 Å². The summed E-state index contributed by atoms with van der Waals surface area (Å²) in [5.41, 5.74) is 4.26. The zero-order chi connectivity index (χ0) is 17.1. The van der Waals surface area contributed by atoms with Gasteiger partial charge in [-0.25, -0.2) is 0 Å². The van der Waals surface area contributed by atoms with Crippen LogP contribution in [0.15, 0.2) is 36.5 Å². The average molecular weight is 325 g/mol. The molecular formula is C20H27N3O. The molecular weight excluding hydrogens is 298 g/mol. The number of nitrogens with zero attached hydrogens (tertiary/aromatic N) is 2. The predicted molar refractivity (Wildman–Crippen MR) is 97.2 cm³/mol. The summed E-state index contributed by atoms with van der Waals surface area (Å²) in [7, 11) is 2.07. The summed E-state index contributed by atoms with van der Waals surface area (Å²) < 4.78 is 2.16. The lowest BCUT2D eigenvalue weighted by Crippen LogP contribution is -2.37. The van der Waals surface area contributed by atoms with Crippen molar-refractivity contribution in [3.05, 3.63) is 58.9 Å². The number of rotatable bonds is 5. The monoisotopic (exact) mass is 325 g/mol. The first kappa shape index (κ1) is 16.8. The fourth-order valence-corrected chi connectivity index (χ4v) is 3.69. The van der Waals surface area contributed by atoms with Gasteiger partial charge >= 0.3 is 0 Å². The van der Waals surface area contributed by atoms with Crippen molar-refractivity contribution >= 4 is 5.91 Å². The highest BCUT2D eigenvalue weighted by Gasteiger charge is 2.25. The van der Waals surface area contributed by atoms with Crippen molar-refractivity contribution in [2.24, 2.45) is 7.05 Å². The van der Waals surface area contributed by atoms with Crippen molar-refractivity contribution in [2.45, 2.75) is 32.7 Å². The van der Waals surface area contributed by atoms with Crippen LogP contribution in [0.3, 0.4) is 0 Å². The zero-order valence-electron chi connectivity index (χ0n) is 14.9. The van der Waals surface area contributed by atoms with Crippen molar-refractivity contribution in [2.75, 3.05) is 19.6 Å². The number of hydrogen-bond acceptors (Lipinski definition) is 2. The van der Waals surface area contributed by atoms with Gasteiger partial charge in [0.1, 0.15) is 0 Å². The molecule has 1 fully saturated rings. The maximum atomic E-state index is 12.6. The van der Waals surface area contributed by atoms with E-state index in [2.05, 4.69) is 46.2 Å². The van der Waals surface area contributed by atoms with Gasteiger partial charge in [0, 0.05) is 31.0 Å². The van der Waals surface area contributed by atoms with Gasteiger partial charge in [0.05, 0.1) is 6.04 Å². The van der Waals surface area contributed by atoms with Gasteiger partial charge in [-0.1, -0.05) is 17.2 Å². The molecule has 4 heteroatoms. The van der Waals surface area contributed by atoms with E-state index in [1.54, 1.807) is 0 Å². The molecule has 0 aliphatic carbocycles. The number of hydrogen-bond donors (Lipinski definition) is 1. The molecule has 1 N–H and O–H groups in total. The minimum Gasteiger partial charge on any atom is -0.353 e. The maximum Gasteiger partial charge on any atom is 0.251 e. The maximum absolute atomic E-state index is 12.6. The summed E-state index contributed by atoms with van der Waals surface area (Å²) in [6.07, 6.45) is 4.56. The van der Waals surface area contributed by atoms with E-state index in [0.717, 1.165) is 29.8 Å². The van der Waals surface area contributed by atoms with Crippen LogP contribution in [0.4, 0.5) is 0 Å². The molecule has 3 rings (SSSR count). The van der Waals surface area contributed by atoms with Crippen LogP contribution in [0.1, 0.15) is 46.1 Å². The summed E-state index contributed by atoms with van der Waals surface area (Å²) in [6.45, 7) is 6.91. The Balaban J connectivity index is 1.73. The lowest BCUT2D eigenvalue weighted by atomic mass is 10.1. The second-order valence-corrected chi connectivity index (χ2v) is 6.89. The predicted octanol–water partition coefficient (Wildman–Crippen LogP) is 3.21. The third-order valence-electron chi connectivity index (χ3n) is 4.85. The van der Waals surface area contributed by atoms with Gasteiger partial charge in [0.2, 0.25) is 0 Å². The number of carbonyl (C=O) groups is 1. The van der Waals surface area contributed by atoms with Crippen LogP contribution in [0, 0.1) is 13.8 Å². The highest BCUT2D eigenvalue weighted by molar-refractivity contribution is 5.94. The number of carbonyl (C=O) groups excluding carboxylic acids is 1. The van der Waals surface area contributed by atoms with Crippen LogP contribution in [0.25, 0.3) is 0 Å². The first-order valence-electron chi connectivity index (χ1n) is 8.76. The number of nitrogens with one attached hydrogen (secondary N) is 1. The Bertz CT molecular complexity index is 693. The van der Waals surface area contributed by atoms with Crippen LogP contribution in [0.2, 0.25) is 0 Å². The number of benzene rings is 1. The molecule has 1 aromatic heterocycles. The molecule has 0 saturated carbocycles. The zero-order valence-corrected chi connectivity index (χ0v) is 14.9. The van der Waals surface area contributed by atoms with Gasteiger partial charge in [0.25, 0.3) is 5.91 Å². The Kier molecular flexibility index (Phi) is 5.05. The highest BCUT2D eigenvalue weighted by atomic mass is 16.1. The van der Waals surface area contributed by atoms with E-state index < -0.39 is 0 Å².